The topological polar surface area (TPSA) is 21.3 Å². The van der Waals surface area contributed by atoms with Gasteiger partial charge in [-0.15, -0.1) is 0 Å². The van der Waals surface area contributed by atoms with Crippen molar-refractivity contribution >= 4 is 15.9 Å². The van der Waals surface area contributed by atoms with Crippen LogP contribution in [-0.2, 0) is 0 Å². The molecule has 0 aromatic heterocycles. The summed E-state index contributed by atoms with van der Waals surface area (Å²) in [4.78, 5) is 0. The van der Waals surface area contributed by atoms with Gasteiger partial charge >= 0.3 is 0 Å². The molecule has 1 rings (SSSR count). The minimum Gasteiger partial charge on any atom is -0.496 e. The van der Waals surface area contributed by atoms with Crippen LogP contribution in [0.4, 0.5) is 0 Å². The summed E-state index contributed by atoms with van der Waals surface area (Å²) in [7, 11) is 3.78. The second-order valence-corrected chi connectivity index (χ2v) is 6.55. The fourth-order valence-corrected chi connectivity index (χ4v) is 3.12. The van der Waals surface area contributed by atoms with Crippen LogP contribution in [0.15, 0.2) is 22.7 Å². The summed E-state index contributed by atoms with van der Waals surface area (Å²) in [6, 6.07) is 6.60. The van der Waals surface area contributed by atoms with E-state index in [0.717, 1.165) is 16.6 Å². The van der Waals surface area contributed by atoms with Gasteiger partial charge in [0.25, 0.3) is 0 Å². The molecule has 2 nitrogen and oxygen atoms in total. The standard InChI is InChI=1S/C18H30BrNO/c1-4-5-6-7-8-9-10-11-17(20-2)16-14-15(19)12-13-18(16)21-3/h12-14,17,20H,4-11H2,1-3H3. The maximum absolute atomic E-state index is 5.49. The quantitative estimate of drug-likeness (QED) is 0.502. The van der Waals surface area contributed by atoms with E-state index in [-0.39, 0.29) is 0 Å². The maximum atomic E-state index is 5.49. The molecule has 0 saturated heterocycles. The Bertz CT molecular complexity index is 395. The molecule has 0 fully saturated rings. The predicted molar refractivity (Wildman–Crippen MR) is 95.1 cm³/mol. The molecule has 21 heavy (non-hydrogen) atoms. The zero-order valence-electron chi connectivity index (χ0n) is 13.8. The lowest BCUT2D eigenvalue weighted by molar-refractivity contribution is 0.396. The number of halogens is 1. The summed E-state index contributed by atoms with van der Waals surface area (Å²) in [6.45, 7) is 2.27. The van der Waals surface area contributed by atoms with Crippen molar-refractivity contribution in [2.24, 2.45) is 0 Å². The Hall–Kier alpha value is -0.540. The average Bonchev–Trinajstić information content (AvgIpc) is 2.50. The van der Waals surface area contributed by atoms with Gasteiger partial charge in [-0.3, -0.25) is 0 Å². The molecule has 1 aromatic rings. The smallest absolute Gasteiger partial charge is 0.123 e. The van der Waals surface area contributed by atoms with Crippen LogP contribution in [-0.4, -0.2) is 14.2 Å². The monoisotopic (exact) mass is 355 g/mol. The van der Waals surface area contributed by atoms with Crippen molar-refractivity contribution < 1.29 is 4.74 Å². The van der Waals surface area contributed by atoms with E-state index < -0.39 is 0 Å². The van der Waals surface area contributed by atoms with Crippen LogP contribution in [0.3, 0.4) is 0 Å². The molecule has 0 spiro atoms. The molecule has 1 N–H and O–H groups in total. The first-order chi connectivity index (χ1) is 10.2. The van der Waals surface area contributed by atoms with Gasteiger partial charge in [0.05, 0.1) is 7.11 Å². The third kappa shape index (κ3) is 6.84. The van der Waals surface area contributed by atoms with Crippen molar-refractivity contribution in [3.05, 3.63) is 28.2 Å². The van der Waals surface area contributed by atoms with Crippen LogP contribution >= 0.6 is 15.9 Å². The summed E-state index contributed by atoms with van der Waals surface area (Å²) in [5, 5.41) is 3.43. The van der Waals surface area contributed by atoms with E-state index in [9.17, 15) is 0 Å². The molecule has 3 heteroatoms. The summed E-state index contributed by atoms with van der Waals surface area (Å²) in [5.41, 5.74) is 1.25. The van der Waals surface area contributed by atoms with Gasteiger partial charge in [-0.25, -0.2) is 0 Å². The first-order valence-electron chi connectivity index (χ1n) is 8.23. The lowest BCUT2D eigenvalue weighted by atomic mass is 9.99. The van der Waals surface area contributed by atoms with E-state index in [2.05, 4.69) is 34.2 Å². The van der Waals surface area contributed by atoms with Gasteiger partial charge in [0.1, 0.15) is 5.75 Å². The van der Waals surface area contributed by atoms with E-state index in [1.165, 1.54) is 50.5 Å². The second kappa shape index (κ2) is 11.1. The highest BCUT2D eigenvalue weighted by Gasteiger charge is 2.14. The van der Waals surface area contributed by atoms with Crippen molar-refractivity contribution in [3.8, 4) is 5.75 Å². The molecular weight excluding hydrogens is 326 g/mol. The number of benzene rings is 1. The lowest BCUT2D eigenvalue weighted by Crippen LogP contribution is -2.17. The lowest BCUT2D eigenvalue weighted by Gasteiger charge is -2.19. The number of methoxy groups -OCH3 is 1. The molecule has 1 atom stereocenters. The molecule has 120 valence electrons. The Morgan fingerprint density at radius 2 is 1.76 bits per heavy atom. The predicted octanol–water partition coefficient (Wildman–Crippen LogP) is 5.86. The molecule has 0 amide bonds. The van der Waals surface area contributed by atoms with Gasteiger partial charge in [0.2, 0.25) is 0 Å². The van der Waals surface area contributed by atoms with Gasteiger partial charge in [-0.2, -0.15) is 0 Å². The van der Waals surface area contributed by atoms with Crippen LogP contribution in [0.5, 0.6) is 5.75 Å². The molecular formula is C18H30BrNO. The minimum absolute atomic E-state index is 0.369. The van der Waals surface area contributed by atoms with Crippen LogP contribution in [0.2, 0.25) is 0 Å². The highest BCUT2D eigenvalue weighted by atomic mass is 79.9. The van der Waals surface area contributed by atoms with Crippen LogP contribution in [0.25, 0.3) is 0 Å². The fraction of sp³-hybridized carbons (Fsp3) is 0.667. The highest BCUT2D eigenvalue weighted by molar-refractivity contribution is 9.10. The van der Waals surface area contributed by atoms with Gasteiger partial charge in [-0.1, -0.05) is 67.8 Å². The Morgan fingerprint density at radius 1 is 1.10 bits per heavy atom. The van der Waals surface area contributed by atoms with Crippen LogP contribution in [0.1, 0.15) is 69.9 Å². The fourth-order valence-electron chi connectivity index (χ4n) is 2.74. The number of unbranched alkanes of at least 4 members (excludes halogenated alkanes) is 6. The number of hydrogen-bond acceptors (Lipinski definition) is 2. The molecule has 0 aliphatic carbocycles. The summed E-state index contributed by atoms with van der Waals surface area (Å²) >= 11 is 3.56. The number of hydrogen-bond donors (Lipinski definition) is 1. The van der Waals surface area contributed by atoms with Gasteiger partial charge in [0, 0.05) is 16.1 Å². The molecule has 0 radical (unpaired) electrons. The molecule has 0 aliphatic rings. The number of rotatable bonds is 11. The zero-order valence-corrected chi connectivity index (χ0v) is 15.3. The second-order valence-electron chi connectivity index (χ2n) is 5.64. The number of nitrogens with one attached hydrogen (secondary N) is 1. The zero-order chi connectivity index (χ0) is 15.5. The van der Waals surface area contributed by atoms with E-state index in [0.29, 0.717) is 6.04 Å². The normalized spacial score (nSPS) is 12.4. The Labute approximate surface area is 138 Å². The molecule has 0 heterocycles. The minimum atomic E-state index is 0.369. The molecule has 0 aliphatic heterocycles. The first-order valence-corrected chi connectivity index (χ1v) is 9.03. The average molecular weight is 356 g/mol. The summed E-state index contributed by atoms with van der Waals surface area (Å²) in [6.07, 6.45) is 10.6. The SMILES string of the molecule is CCCCCCCCCC(NC)c1cc(Br)ccc1OC. The van der Waals surface area contributed by atoms with E-state index in [1.54, 1.807) is 7.11 Å². The van der Waals surface area contributed by atoms with Crippen molar-refractivity contribution in [2.45, 2.75) is 64.3 Å². The van der Waals surface area contributed by atoms with E-state index >= 15 is 0 Å². The van der Waals surface area contributed by atoms with Gasteiger partial charge in [0.15, 0.2) is 0 Å². The first kappa shape index (κ1) is 18.5. The molecule has 0 saturated carbocycles. The maximum Gasteiger partial charge on any atom is 0.123 e. The Kier molecular flexibility index (Phi) is 9.77. The Morgan fingerprint density at radius 3 is 2.38 bits per heavy atom. The number of ether oxygens (including phenoxy) is 1. The molecule has 1 aromatic carbocycles. The summed E-state index contributed by atoms with van der Waals surface area (Å²) < 4.78 is 6.60. The Balaban J connectivity index is 2.42. The highest BCUT2D eigenvalue weighted by Crippen LogP contribution is 2.31. The third-order valence-corrected chi connectivity index (χ3v) is 4.51. The van der Waals surface area contributed by atoms with Crippen molar-refractivity contribution in [1.29, 1.82) is 0 Å². The van der Waals surface area contributed by atoms with Gasteiger partial charge in [-0.05, 0) is 31.7 Å². The largest absolute Gasteiger partial charge is 0.496 e. The molecule has 1 unspecified atom stereocenters. The van der Waals surface area contributed by atoms with E-state index in [4.69, 9.17) is 4.74 Å². The van der Waals surface area contributed by atoms with Crippen LogP contribution < -0.4 is 10.1 Å². The van der Waals surface area contributed by atoms with Crippen molar-refractivity contribution in [3.63, 3.8) is 0 Å². The van der Waals surface area contributed by atoms with Crippen molar-refractivity contribution in [2.75, 3.05) is 14.2 Å². The van der Waals surface area contributed by atoms with Gasteiger partial charge < -0.3 is 10.1 Å². The van der Waals surface area contributed by atoms with Crippen LogP contribution in [0, 0.1) is 0 Å². The van der Waals surface area contributed by atoms with Crippen molar-refractivity contribution in [1.82, 2.24) is 5.32 Å². The van der Waals surface area contributed by atoms with E-state index in [1.807, 2.05) is 19.2 Å². The summed E-state index contributed by atoms with van der Waals surface area (Å²) in [5.74, 6) is 0.973. The molecule has 0 bridgehead atoms. The third-order valence-electron chi connectivity index (χ3n) is 4.01.